The summed E-state index contributed by atoms with van der Waals surface area (Å²) in [5.41, 5.74) is 1.83. The van der Waals surface area contributed by atoms with Gasteiger partial charge in [0.2, 0.25) is 0 Å². The Morgan fingerprint density at radius 3 is 2.67 bits per heavy atom. The van der Waals surface area contributed by atoms with Gasteiger partial charge in [0, 0.05) is 59.4 Å². The highest BCUT2D eigenvalue weighted by Gasteiger charge is 2.24. The molecule has 0 radical (unpaired) electrons. The summed E-state index contributed by atoms with van der Waals surface area (Å²) in [5, 5.41) is 3.40. The first-order valence-corrected chi connectivity index (χ1v) is 8.30. The molecular formula is C18H28N4O2. The third-order valence-electron chi connectivity index (χ3n) is 4.26. The van der Waals surface area contributed by atoms with Crippen molar-refractivity contribution in [2.45, 2.75) is 13.0 Å². The number of methoxy groups -OCH3 is 1. The maximum Gasteiger partial charge on any atom is 0.253 e. The number of guanidine groups is 1. The Kier molecular flexibility index (Phi) is 6.61. The van der Waals surface area contributed by atoms with E-state index in [2.05, 4.69) is 15.2 Å². The third-order valence-corrected chi connectivity index (χ3v) is 4.26. The number of nitrogens with zero attached hydrogens (tertiary/aromatic N) is 3. The lowest BCUT2D eigenvalue weighted by molar-refractivity contribution is 0.0827. The van der Waals surface area contributed by atoms with E-state index in [4.69, 9.17) is 4.74 Å². The average molecular weight is 332 g/mol. The van der Waals surface area contributed by atoms with Gasteiger partial charge in [-0.15, -0.1) is 0 Å². The summed E-state index contributed by atoms with van der Waals surface area (Å²) in [5.74, 6) is 1.51. The SMILES string of the molecule is CN=C(NCc1ccc(C(=O)N(C)C)cc1)N1CCC(COC)C1. The molecule has 6 heteroatoms. The van der Waals surface area contributed by atoms with E-state index >= 15 is 0 Å². The van der Waals surface area contributed by atoms with Crippen molar-refractivity contribution in [3.8, 4) is 0 Å². The Morgan fingerprint density at radius 2 is 2.08 bits per heavy atom. The Labute approximate surface area is 144 Å². The molecule has 1 saturated heterocycles. The van der Waals surface area contributed by atoms with Crippen LogP contribution in [0.4, 0.5) is 0 Å². The van der Waals surface area contributed by atoms with E-state index in [1.54, 1.807) is 26.1 Å². The molecular weight excluding hydrogens is 304 g/mol. The van der Waals surface area contributed by atoms with Crippen LogP contribution in [0.3, 0.4) is 0 Å². The number of likely N-dealkylation sites (tertiary alicyclic amines) is 1. The van der Waals surface area contributed by atoms with E-state index in [0.29, 0.717) is 18.0 Å². The number of aliphatic imine (C=N–C) groups is 1. The number of nitrogens with one attached hydrogen (secondary N) is 1. The number of rotatable bonds is 5. The van der Waals surface area contributed by atoms with Crippen LogP contribution in [0.1, 0.15) is 22.3 Å². The molecule has 1 aliphatic heterocycles. The molecule has 0 aromatic heterocycles. The zero-order valence-corrected chi connectivity index (χ0v) is 15.1. The van der Waals surface area contributed by atoms with Crippen molar-refractivity contribution in [3.05, 3.63) is 35.4 Å². The van der Waals surface area contributed by atoms with Gasteiger partial charge >= 0.3 is 0 Å². The molecule has 24 heavy (non-hydrogen) atoms. The van der Waals surface area contributed by atoms with Crippen LogP contribution >= 0.6 is 0 Å². The first-order valence-electron chi connectivity index (χ1n) is 8.30. The molecule has 0 spiro atoms. The molecule has 1 heterocycles. The van der Waals surface area contributed by atoms with Crippen molar-refractivity contribution in [2.75, 3.05) is 47.9 Å². The first kappa shape index (κ1) is 18.3. The second-order valence-corrected chi connectivity index (χ2v) is 6.35. The van der Waals surface area contributed by atoms with Crippen LogP contribution < -0.4 is 5.32 Å². The number of ether oxygens (including phenoxy) is 1. The molecule has 1 aromatic carbocycles. The number of benzene rings is 1. The molecule has 6 nitrogen and oxygen atoms in total. The van der Waals surface area contributed by atoms with Crippen LogP contribution in [0.5, 0.6) is 0 Å². The average Bonchev–Trinajstić information content (AvgIpc) is 3.04. The molecule has 1 fully saturated rings. The van der Waals surface area contributed by atoms with Crippen molar-refractivity contribution < 1.29 is 9.53 Å². The third kappa shape index (κ3) is 4.71. The monoisotopic (exact) mass is 332 g/mol. The Bertz CT molecular complexity index is 569. The van der Waals surface area contributed by atoms with E-state index in [0.717, 1.165) is 37.6 Å². The standard InChI is InChI=1S/C18H28N4O2/c1-19-18(22-10-9-15(12-22)13-24-4)20-11-14-5-7-16(8-6-14)17(23)21(2)3/h5-8,15H,9-13H2,1-4H3,(H,19,20). The summed E-state index contributed by atoms with van der Waals surface area (Å²) in [6.07, 6.45) is 1.13. The maximum absolute atomic E-state index is 11.9. The molecule has 1 amide bonds. The van der Waals surface area contributed by atoms with Crippen LogP contribution in [0.2, 0.25) is 0 Å². The fraction of sp³-hybridized carbons (Fsp3) is 0.556. The van der Waals surface area contributed by atoms with Gasteiger partial charge in [0.1, 0.15) is 0 Å². The van der Waals surface area contributed by atoms with Crippen molar-refractivity contribution >= 4 is 11.9 Å². The van der Waals surface area contributed by atoms with E-state index in [9.17, 15) is 4.79 Å². The largest absolute Gasteiger partial charge is 0.384 e. The minimum absolute atomic E-state index is 0.0200. The zero-order valence-electron chi connectivity index (χ0n) is 15.1. The summed E-state index contributed by atoms with van der Waals surface area (Å²) in [6, 6.07) is 7.70. The molecule has 1 N–H and O–H groups in total. The second kappa shape index (κ2) is 8.68. The maximum atomic E-state index is 11.9. The van der Waals surface area contributed by atoms with Gasteiger partial charge in [0.05, 0.1) is 6.61 Å². The van der Waals surface area contributed by atoms with Crippen LogP contribution in [0, 0.1) is 5.92 Å². The van der Waals surface area contributed by atoms with Crippen LogP contribution in [-0.2, 0) is 11.3 Å². The van der Waals surface area contributed by atoms with E-state index < -0.39 is 0 Å². The number of amides is 1. The molecule has 132 valence electrons. The number of hydrogen-bond donors (Lipinski definition) is 1. The normalized spacial score (nSPS) is 17.9. The van der Waals surface area contributed by atoms with Gasteiger partial charge in [0.15, 0.2) is 5.96 Å². The summed E-state index contributed by atoms with van der Waals surface area (Å²) < 4.78 is 5.25. The zero-order chi connectivity index (χ0) is 17.5. The highest BCUT2D eigenvalue weighted by molar-refractivity contribution is 5.93. The van der Waals surface area contributed by atoms with Crippen LogP contribution in [-0.4, -0.2) is 69.6 Å². The smallest absolute Gasteiger partial charge is 0.253 e. The fourth-order valence-electron chi connectivity index (χ4n) is 2.93. The summed E-state index contributed by atoms with van der Waals surface area (Å²) in [7, 11) is 7.08. The lowest BCUT2D eigenvalue weighted by atomic mass is 10.1. The first-order chi connectivity index (χ1) is 11.5. The van der Waals surface area contributed by atoms with Gasteiger partial charge < -0.3 is 19.9 Å². The van der Waals surface area contributed by atoms with Crippen molar-refractivity contribution in [1.82, 2.24) is 15.1 Å². The highest BCUT2D eigenvalue weighted by Crippen LogP contribution is 2.16. The lowest BCUT2D eigenvalue weighted by Crippen LogP contribution is -2.39. The molecule has 1 aromatic rings. The number of hydrogen-bond acceptors (Lipinski definition) is 3. The predicted octanol–water partition coefficient (Wildman–Crippen LogP) is 1.43. The molecule has 0 saturated carbocycles. The highest BCUT2D eigenvalue weighted by atomic mass is 16.5. The molecule has 1 aliphatic rings. The summed E-state index contributed by atoms with van der Waals surface area (Å²) in [4.78, 5) is 20.1. The second-order valence-electron chi connectivity index (χ2n) is 6.35. The Balaban J connectivity index is 1.89. The van der Waals surface area contributed by atoms with Crippen molar-refractivity contribution in [3.63, 3.8) is 0 Å². The molecule has 0 aliphatic carbocycles. The molecule has 2 rings (SSSR count). The van der Waals surface area contributed by atoms with Gasteiger partial charge in [-0.1, -0.05) is 12.1 Å². The van der Waals surface area contributed by atoms with Gasteiger partial charge in [-0.25, -0.2) is 0 Å². The minimum Gasteiger partial charge on any atom is -0.384 e. The Hall–Kier alpha value is -2.08. The van der Waals surface area contributed by atoms with Gasteiger partial charge in [-0.3, -0.25) is 9.79 Å². The fourth-order valence-corrected chi connectivity index (χ4v) is 2.93. The topological polar surface area (TPSA) is 57.2 Å². The number of carbonyl (C=O) groups excluding carboxylic acids is 1. The summed E-state index contributed by atoms with van der Waals surface area (Å²) in [6.45, 7) is 3.47. The number of carbonyl (C=O) groups is 1. The van der Waals surface area contributed by atoms with E-state index in [1.807, 2.05) is 31.3 Å². The van der Waals surface area contributed by atoms with Gasteiger partial charge in [-0.05, 0) is 24.1 Å². The summed E-state index contributed by atoms with van der Waals surface area (Å²) >= 11 is 0. The Morgan fingerprint density at radius 1 is 1.38 bits per heavy atom. The van der Waals surface area contributed by atoms with E-state index in [1.165, 1.54) is 0 Å². The van der Waals surface area contributed by atoms with Crippen LogP contribution in [0.15, 0.2) is 29.3 Å². The van der Waals surface area contributed by atoms with Crippen molar-refractivity contribution in [2.24, 2.45) is 10.9 Å². The van der Waals surface area contributed by atoms with E-state index in [-0.39, 0.29) is 5.91 Å². The molecule has 0 bridgehead atoms. The van der Waals surface area contributed by atoms with Gasteiger partial charge in [-0.2, -0.15) is 0 Å². The minimum atomic E-state index is 0.0200. The molecule has 1 atom stereocenters. The quantitative estimate of drug-likeness (QED) is 0.655. The van der Waals surface area contributed by atoms with Crippen molar-refractivity contribution in [1.29, 1.82) is 0 Å². The van der Waals surface area contributed by atoms with Crippen LogP contribution in [0.25, 0.3) is 0 Å². The van der Waals surface area contributed by atoms with Gasteiger partial charge in [0.25, 0.3) is 5.91 Å². The molecule has 1 unspecified atom stereocenters. The predicted molar refractivity (Wildman–Crippen MR) is 96.2 cm³/mol. The lowest BCUT2D eigenvalue weighted by Gasteiger charge is -2.21.